The molecule has 1 saturated carbocycles. The smallest absolute Gasteiger partial charge is 0.323 e. The van der Waals surface area contributed by atoms with E-state index in [0.717, 1.165) is 19.1 Å². The Morgan fingerprint density at radius 3 is 2.67 bits per heavy atom. The molecule has 1 N–H and O–H groups in total. The highest BCUT2D eigenvalue weighted by Gasteiger charge is 2.40. The molecule has 9 heteroatoms. The number of amides is 2. The van der Waals surface area contributed by atoms with E-state index in [-0.39, 0.29) is 17.6 Å². The molecule has 0 radical (unpaired) electrons. The second-order valence-electron chi connectivity index (χ2n) is 5.61. The maximum atomic E-state index is 12.2. The first kappa shape index (κ1) is 15.1. The predicted molar refractivity (Wildman–Crippen MR) is 79.8 cm³/mol. The van der Waals surface area contributed by atoms with Crippen molar-refractivity contribution in [1.29, 1.82) is 0 Å². The lowest BCUT2D eigenvalue weighted by atomic mass is 9.93. The number of likely N-dealkylation sites (tertiary alicyclic amines) is 1. The van der Waals surface area contributed by atoms with Crippen molar-refractivity contribution in [3.63, 3.8) is 0 Å². The Morgan fingerprint density at radius 2 is 2.10 bits per heavy atom. The maximum Gasteiger partial charge on any atom is 0.323 e. The van der Waals surface area contributed by atoms with E-state index in [4.69, 9.17) is 4.18 Å². The molecule has 3 rings (SSSR count). The molecule has 0 aromatic carbocycles. The highest BCUT2D eigenvalue weighted by Crippen LogP contribution is 2.32. The Kier molecular flexibility index (Phi) is 4.17. The summed E-state index contributed by atoms with van der Waals surface area (Å²) in [6.45, 7) is 1.03. The number of hydrogen-bond acceptors (Lipinski definition) is 6. The first-order chi connectivity index (χ1) is 9.92. The lowest BCUT2D eigenvalue weighted by molar-refractivity contribution is -0.00653. The molecule has 2 fully saturated rings. The number of urea groups is 1. The van der Waals surface area contributed by atoms with Gasteiger partial charge in [-0.1, -0.05) is 11.8 Å². The molecule has 0 spiro atoms. The normalized spacial score (nSPS) is 27.5. The fraction of sp³-hybridized carbons (Fsp3) is 0.750. The highest BCUT2D eigenvalue weighted by atomic mass is 32.2. The van der Waals surface area contributed by atoms with Gasteiger partial charge in [0.2, 0.25) is 0 Å². The number of rotatable bonds is 4. The SMILES string of the molecule is CS(=O)(=O)OC1CN(C2SC=CN2C(=O)NC2CCC2)C1. The Bertz CT molecular complexity index is 541. The first-order valence-corrected chi connectivity index (χ1v) is 9.71. The monoisotopic (exact) mass is 333 g/mol. The molecule has 1 atom stereocenters. The predicted octanol–water partition coefficient (Wildman–Crippen LogP) is 0.712. The van der Waals surface area contributed by atoms with Crippen molar-refractivity contribution >= 4 is 27.9 Å². The Balaban J connectivity index is 1.50. The van der Waals surface area contributed by atoms with Crippen LogP contribution in [0, 0.1) is 0 Å². The third-order valence-electron chi connectivity index (χ3n) is 3.83. The van der Waals surface area contributed by atoms with Crippen LogP contribution in [0.4, 0.5) is 4.79 Å². The van der Waals surface area contributed by atoms with Gasteiger partial charge in [0.15, 0.2) is 0 Å². The zero-order valence-corrected chi connectivity index (χ0v) is 13.4. The van der Waals surface area contributed by atoms with Gasteiger partial charge in [0.05, 0.1) is 6.26 Å². The summed E-state index contributed by atoms with van der Waals surface area (Å²) in [5.74, 6) is 0. The molecule has 2 amide bonds. The lowest BCUT2D eigenvalue weighted by Crippen LogP contribution is -2.61. The molecule has 3 aliphatic rings. The van der Waals surface area contributed by atoms with Crippen molar-refractivity contribution in [2.24, 2.45) is 0 Å². The molecule has 1 aliphatic carbocycles. The van der Waals surface area contributed by atoms with Gasteiger partial charge in [-0.3, -0.25) is 14.0 Å². The number of carbonyl (C=O) groups excluding carboxylic acids is 1. The topological polar surface area (TPSA) is 79.0 Å². The van der Waals surface area contributed by atoms with Crippen LogP contribution < -0.4 is 5.32 Å². The van der Waals surface area contributed by atoms with Gasteiger partial charge in [0.25, 0.3) is 10.1 Å². The highest BCUT2D eigenvalue weighted by molar-refractivity contribution is 8.02. The molecular formula is C12H19N3O4S2. The molecule has 21 heavy (non-hydrogen) atoms. The zero-order chi connectivity index (χ0) is 15.0. The van der Waals surface area contributed by atoms with Crippen LogP contribution in [-0.4, -0.2) is 61.2 Å². The molecule has 0 aromatic rings. The molecule has 0 bridgehead atoms. The van der Waals surface area contributed by atoms with Crippen LogP contribution in [0.3, 0.4) is 0 Å². The molecule has 118 valence electrons. The van der Waals surface area contributed by atoms with E-state index in [1.54, 1.807) is 22.9 Å². The fourth-order valence-electron chi connectivity index (χ4n) is 2.50. The Labute approximate surface area is 128 Å². The number of thioether (sulfide) groups is 1. The molecule has 2 aliphatic heterocycles. The minimum absolute atomic E-state index is 0.0848. The van der Waals surface area contributed by atoms with Crippen LogP contribution in [0.15, 0.2) is 11.6 Å². The molecule has 1 unspecified atom stereocenters. The van der Waals surface area contributed by atoms with Crippen molar-refractivity contribution in [3.05, 3.63) is 11.6 Å². The Morgan fingerprint density at radius 1 is 1.38 bits per heavy atom. The van der Waals surface area contributed by atoms with E-state index >= 15 is 0 Å². The maximum absolute atomic E-state index is 12.2. The van der Waals surface area contributed by atoms with E-state index in [1.165, 1.54) is 6.42 Å². The minimum Gasteiger partial charge on any atom is -0.335 e. The van der Waals surface area contributed by atoms with Gasteiger partial charge in [-0.2, -0.15) is 8.42 Å². The van der Waals surface area contributed by atoms with Crippen molar-refractivity contribution in [2.45, 2.75) is 36.9 Å². The Hall–Kier alpha value is -0.770. The number of nitrogens with zero attached hydrogens (tertiary/aromatic N) is 2. The van der Waals surface area contributed by atoms with Crippen molar-refractivity contribution in [3.8, 4) is 0 Å². The lowest BCUT2D eigenvalue weighted by Gasteiger charge is -2.44. The first-order valence-electron chi connectivity index (χ1n) is 6.96. The van der Waals surface area contributed by atoms with Crippen molar-refractivity contribution in [2.75, 3.05) is 19.3 Å². The average molecular weight is 333 g/mol. The van der Waals surface area contributed by atoms with Gasteiger partial charge in [-0.25, -0.2) is 4.79 Å². The van der Waals surface area contributed by atoms with Crippen LogP contribution in [0.25, 0.3) is 0 Å². The third kappa shape index (κ3) is 3.53. The summed E-state index contributed by atoms with van der Waals surface area (Å²) < 4.78 is 27.1. The number of carbonyl (C=O) groups is 1. The average Bonchev–Trinajstić information content (AvgIpc) is 2.75. The van der Waals surface area contributed by atoms with Crippen LogP contribution in [0.2, 0.25) is 0 Å². The van der Waals surface area contributed by atoms with E-state index in [9.17, 15) is 13.2 Å². The van der Waals surface area contributed by atoms with E-state index in [0.29, 0.717) is 19.1 Å². The second kappa shape index (κ2) is 5.79. The summed E-state index contributed by atoms with van der Waals surface area (Å²) >= 11 is 1.54. The van der Waals surface area contributed by atoms with Gasteiger partial charge < -0.3 is 5.32 Å². The van der Waals surface area contributed by atoms with E-state index < -0.39 is 10.1 Å². The zero-order valence-electron chi connectivity index (χ0n) is 11.8. The summed E-state index contributed by atoms with van der Waals surface area (Å²) in [4.78, 5) is 15.9. The summed E-state index contributed by atoms with van der Waals surface area (Å²) in [7, 11) is -3.41. The van der Waals surface area contributed by atoms with Crippen molar-refractivity contribution in [1.82, 2.24) is 15.1 Å². The van der Waals surface area contributed by atoms with Crippen LogP contribution in [-0.2, 0) is 14.3 Å². The van der Waals surface area contributed by atoms with Crippen LogP contribution in [0.1, 0.15) is 19.3 Å². The summed E-state index contributed by atoms with van der Waals surface area (Å²) in [5.41, 5.74) is -0.107. The van der Waals surface area contributed by atoms with E-state index in [2.05, 4.69) is 5.32 Å². The quantitative estimate of drug-likeness (QED) is 0.764. The molecular weight excluding hydrogens is 314 g/mol. The van der Waals surface area contributed by atoms with Gasteiger partial charge in [-0.15, -0.1) is 0 Å². The molecule has 1 saturated heterocycles. The van der Waals surface area contributed by atoms with Gasteiger partial charge >= 0.3 is 6.03 Å². The fourth-order valence-corrected chi connectivity index (χ4v) is 4.10. The molecule has 7 nitrogen and oxygen atoms in total. The third-order valence-corrected chi connectivity index (χ3v) is 5.50. The minimum atomic E-state index is -3.41. The van der Waals surface area contributed by atoms with Gasteiger partial charge in [-0.05, 0) is 24.7 Å². The van der Waals surface area contributed by atoms with Crippen molar-refractivity contribution < 1.29 is 17.4 Å². The second-order valence-corrected chi connectivity index (χ2v) is 8.18. The largest absolute Gasteiger partial charge is 0.335 e. The molecule has 0 aromatic heterocycles. The van der Waals surface area contributed by atoms with Crippen LogP contribution >= 0.6 is 11.8 Å². The van der Waals surface area contributed by atoms with Gasteiger partial charge in [0.1, 0.15) is 11.6 Å². The number of nitrogens with one attached hydrogen (secondary N) is 1. The summed E-state index contributed by atoms with van der Waals surface area (Å²) in [5, 5.41) is 4.89. The molecule has 2 heterocycles. The van der Waals surface area contributed by atoms with Gasteiger partial charge in [0, 0.05) is 25.3 Å². The summed E-state index contributed by atoms with van der Waals surface area (Å²) in [6, 6.07) is 0.216. The van der Waals surface area contributed by atoms with E-state index in [1.807, 2.05) is 10.3 Å². The van der Waals surface area contributed by atoms with Crippen LogP contribution in [0.5, 0.6) is 0 Å². The number of hydrogen-bond donors (Lipinski definition) is 1. The summed E-state index contributed by atoms with van der Waals surface area (Å²) in [6.07, 6.45) is 5.80. The standard InChI is InChI=1S/C12H19N3O4S2/c1-21(17,18)19-10-7-14(8-10)12-15(5-6-20-12)11(16)13-9-3-2-4-9/h5-6,9-10,12H,2-4,7-8H2,1H3,(H,13,16).